The van der Waals surface area contributed by atoms with Crippen LogP contribution >= 0.6 is 11.3 Å². The number of methoxy groups -OCH3 is 1. The molecule has 2 aromatic carbocycles. The summed E-state index contributed by atoms with van der Waals surface area (Å²) in [5.74, 6) is 0.714. The molecule has 2 aromatic heterocycles. The summed E-state index contributed by atoms with van der Waals surface area (Å²) >= 11 is 1.66. The Morgan fingerprint density at radius 1 is 1.00 bits per heavy atom. The minimum atomic E-state index is -0.0848. The quantitative estimate of drug-likeness (QED) is 0.384. The van der Waals surface area contributed by atoms with Gasteiger partial charge in [0.05, 0.1) is 13.2 Å². The van der Waals surface area contributed by atoms with Crippen molar-refractivity contribution in [2.75, 3.05) is 26.7 Å². The number of nitrogens with zero attached hydrogens (tertiary/aromatic N) is 3. The number of thiophene rings is 1. The average molecular weight is 488 g/mol. The molecule has 0 radical (unpaired) electrons. The SMILES string of the molecule is COc1ccc(C(=O)N2CCN(C(=O)c3cc4ccsc4n3[C@H](C)c3ccccc3)C[C@H]2C)cc1. The largest absolute Gasteiger partial charge is 0.497 e. The van der Waals surface area contributed by atoms with Crippen LogP contribution < -0.4 is 4.74 Å². The van der Waals surface area contributed by atoms with Gasteiger partial charge in [0.1, 0.15) is 16.3 Å². The lowest BCUT2D eigenvalue weighted by Gasteiger charge is -2.40. The molecule has 0 aliphatic carbocycles. The van der Waals surface area contributed by atoms with Gasteiger partial charge >= 0.3 is 0 Å². The van der Waals surface area contributed by atoms with Crippen molar-refractivity contribution in [1.82, 2.24) is 14.4 Å². The van der Waals surface area contributed by atoms with E-state index < -0.39 is 0 Å². The monoisotopic (exact) mass is 487 g/mol. The summed E-state index contributed by atoms with van der Waals surface area (Å²) in [7, 11) is 1.61. The Labute approximate surface area is 209 Å². The molecule has 0 unspecified atom stereocenters. The third-order valence-electron chi connectivity index (χ3n) is 6.85. The van der Waals surface area contributed by atoms with Crippen molar-refractivity contribution < 1.29 is 14.3 Å². The number of carbonyl (C=O) groups excluding carboxylic acids is 2. The predicted molar refractivity (Wildman–Crippen MR) is 139 cm³/mol. The summed E-state index contributed by atoms with van der Waals surface area (Å²) in [4.78, 5) is 31.7. The second-order valence-electron chi connectivity index (χ2n) is 8.99. The van der Waals surface area contributed by atoms with Gasteiger partial charge in [0.2, 0.25) is 0 Å². The first kappa shape index (κ1) is 23.2. The number of piperazine rings is 1. The molecule has 35 heavy (non-hydrogen) atoms. The maximum absolute atomic E-state index is 13.8. The molecule has 1 saturated heterocycles. The molecule has 2 atom stereocenters. The number of benzene rings is 2. The van der Waals surface area contributed by atoms with Crippen LogP contribution in [0.2, 0.25) is 0 Å². The number of ether oxygens (including phenoxy) is 1. The van der Waals surface area contributed by atoms with Gasteiger partial charge in [-0.1, -0.05) is 30.3 Å². The average Bonchev–Trinajstić information content (AvgIpc) is 3.49. The Balaban J connectivity index is 1.37. The molecule has 0 N–H and O–H groups in total. The molecular formula is C28H29N3O3S. The van der Waals surface area contributed by atoms with Gasteiger partial charge < -0.3 is 19.1 Å². The molecule has 180 valence electrons. The highest BCUT2D eigenvalue weighted by Gasteiger charge is 2.33. The first-order chi connectivity index (χ1) is 17.0. The maximum Gasteiger partial charge on any atom is 0.270 e. The molecule has 4 aromatic rings. The fourth-order valence-corrected chi connectivity index (χ4v) is 5.85. The van der Waals surface area contributed by atoms with E-state index in [0.717, 1.165) is 21.5 Å². The van der Waals surface area contributed by atoms with E-state index in [0.29, 0.717) is 30.9 Å². The first-order valence-corrected chi connectivity index (χ1v) is 12.7. The maximum atomic E-state index is 13.8. The van der Waals surface area contributed by atoms with Gasteiger partial charge in [-0.15, -0.1) is 11.3 Å². The van der Waals surface area contributed by atoms with Crippen LogP contribution in [0.4, 0.5) is 0 Å². The van der Waals surface area contributed by atoms with Crippen LogP contribution in [0.3, 0.4) is 0 Å². The predicted octanol–water partition coefficient (Wildman–Crippen LogP) is 5.31. The van der Waals surface area contributed by atoms with Gasteiger partial charge in [-0.2, -0.15) is 0 Å². The van der Waals surface area contributed by atoms with Crippen molar-refractivity contribution in [2.24, 2.45) is 0 Å². The summed E-state index contributed by atoms with van der Waals surface area (Å²) in [6.07, 6.45) is 0. The van der Waals surface area contributed by atoms with E-state index in [1.54, 1.807) is 42.7 Å². The van der Waals surface area contributed by atoms with Crippen LogP contribution in [-0.2, 0) is 0 Å². The fraction of sp³-hybridized carbons (Fsp3) is 0.286. The Morgan fingerprint density at radius 3 is 2.43 bits per heavy atom. The van der Waals surface area contributed by atoms with E-state index in [1.165, 1.54) is 0 Å². The van der Waals surface area contributed by atoms with Gasteiger partial charge in [0.15, 0.2) is 0 Å². The second-order valence-corrected chi connectivity index (χ2v) is 9.89. The number of hydrogen-bond donors (Lipinski definition) is 0. The van der Waals surface area contributed by atoms with Crippen molar-refractivity contribution in [2.45, 2.75) is 25.9 Å². The molecule has 1 fully saturated rings. The number of carbonyl (C=O) groups is 2. The van der Waals surface area contributed by atoms with E-state index in [2.05, 4.69) is 35.1 Å². The summed E-state index contributed by atoms with van der Waals surface area (Å²) < 4.78 is 7.36. The van der Waals surface area contributed by atoms with E-state index in [4.69, 9.17) is 4.74 Å². The highest BCUT2D eigenvalue weighted by atomic mass is 32.1. The molecule has 5 rings (SSSR count). The van der Waals surface area contributed by atoms with Gasteiger partial charge in [0.25, 0.3) is 11.8 Å². The highest BCUT2D eigenvalue weighted by Crippen LogP contribution is 2.32. The number of hydrogen-bond acceptors (Lipinski definition) is 4. The van der Waals surface area contributed by atoms with Crippen molar-refractivity contribution in [3.63, 3.8) is 0 Å². The third-order valence-corrected chi connectivity index (χ3v) is 7.77. The number of fused-ring (bicyclic) bond motifs is 1. The normalized spacial score (nSPS) is 16.9. The standard InChI is InChI=1S/C28H29N3O3S/c1-19-18-29(14-15-30(19)26(32)22-9-11-24(34-3)12-10-22)27(33)25-17-23-13-16-35-28(23)31(25)20(2)21-7-5-4-6-8-21/h4-13,16-17,19-20H,14-15,18H2,1-3H3/t19-,20-/m1/s1. The van der Waals surface area contributed by atoms with E-state index in [1.807, 2.05) is 41.0 Å². The molecule has 1 aliphatic heterocycles. The zero-order valence-electron chi connectivity index (χ0n) is 20.2. The Bertz CT molecular complexity index is 1340. The molecule has 0 spiro atoms. The lowest BCUT2D eigenvalue weighted by atomic mass is 10.1. The van der Waals surface area contributed by atoms with Crippen molar-refractivity contribution in [3.05, 3.63) is 88.9 Å². The van der Waals surface area contributed by atoms with Crippen molar-refractivity contribution in [1.29, 1.82) is 0 Å². The Hall–Kier alpha value is -3.58. The van der Waals surface area contributed by atoms with Crippen LogP contribution in [0.25, 0.3) is 10.2 Å². The van der Waals surface area contributed by atoms with E-state index in [9.17, 15) is 9.59 Å². The third kappa shape index (κ3) is 4.32. The van der Waals surface area contributed by atoms with Crippen LogP contribution in [-0.4, -0.2) is 59.0 Å². The minimum absolute atomic E-state index is 0.0135. The van der Waals surface area contributed by atoms with Crippen LogP contribution in [0.1, 0.15) is 46.3 Å². The summed E-state index contributed by atoms with van der Waals surface area (Å²) in [6.45, 7) is 5.65. The minimum Gasteiger partial charge on any atom is -0.497 e. The smallest absolute Gasteiger partial charge is 0.270 e. The fourth-order valence-electron chi connectivity index (χ4n) is 4.88. The number of amides is 2. The van der Waals surface area contributed by atoms with Crippen molar-refractivity contribution in [3.8, 4) is 5.75 Å². The Kier molecular flexibility index (Phi) is 6.34. The van der Waals surface area contributed by atoms with Crippen LogP contribution in [0.5, 0.6) is 5.75 Å². The number of rotatable bonds is 5. The lowest BCUT2D eigenvalue weighted by molar-refractivity contribution is 0.0409. The summed E-state index contributed by atoms with van der Waals surface area (Å²) in [5.41, 5.74) is 2.49. The summed E-state index contributed by atoms with van der Waals surface area (Å²) in [5, 5.41) is 3.15. The molecular weight excluding hydrogens is 458 g/mol. The van der Waals surface area contributed by atoms with Crippen molar-refractivity contribution >= 4 is 33.4 Å². The molecule has 1 aliphatic rings. The zero-order chi connectivity index (χ0) is 24.5. The second kappa shape index (κ2) is 9.58. The van der Waals surface area contributed by atoms with Crippen LogP contribution in [0, 0.1) is 0 Å². The lowest BCUT2D eigenvalue weighted by Crippen LogP contribution is -2.55. The summed E-state index contributed by atoms with van der Waals surface area (Å²) in [6, 6.07) is 21.5. The molecule has 7 heteroatoms. The number of aromatic nitrogens is 1. The first-order valence-electron chi connectivity index (χ1n) is 11.9. The van der Waals surface area contributed by atoms with E-state index >= 15 is 0 Å². The molecule has 0 saturated carbocycles. The van der Waals surface area contributed by atoms with E-state index in [-0.39, 0.29) is 23.9 Å². The Morgan fingerprint density at radius 2 is 1.74 bits per heavy atom. The highest BCUT2D eigenvalue weighted by molar-refractivity contribution is 7.16. The van der Waals surface area contributed by atoms with Gasteiger partial charge in [-0.3, -0.25) is 9.59 Å². The molecule has 3 heterocycles. The zero-order valence-corrected chi connectivity index (χ0v) is 21.0. The molecule has 6 nitrogen and oxygen atoms in total. The van der Waals surface area contributed by atoms with Gasteiger partial charge in [-0.05, 0) is 61.2 Å². The molecule has 0 bridgehead atoms. The van der Waals surface area contributed by atoms with Gasteiger partial charge in [-0.25, -0.2) is 0 Å². The van der Waals surface area contributed by atoms with Crippen LogP contribution in [0.15, 0.2) is 72.1 Å². The van der Waals surface area contributed by atoms with Gasteiger partial charge in [0, 0.05) is 36.6 Å². The topological polar surface area (TPSA) is 54.8 Å². The molecule has 2 amide bonds.